The van der Waals surface area contributed by atoms with E-state index in [-0.39, 0.29) is 6.61 Å². The van der Waals surface area contributed by atoms with Crippen molar-refractivity contribution in [3.8, 4) is 11.5 Å². The van der Waals surface area contributed by atoms with Gasteiger partial charge in [-0.1, -0.05) is 31.1 Å². The van der Waals surface area contributed by atoms with Crippen LogP contribution in [0.1, 0.15) is 38.1 Å². The third-order valence-corrected chi connectivity index (χ3v) is 3.41. The zero-order valence-corrected chi connectivity index (χ0v) is 14.0. The molecule has 1 N–H and O–H groups in total. The fraction of sp³-hybridized carbons (Fsp3) is 0.500. The van der Waals surface area contributed by atoms with Gasteiger partial charge in [0.15, 0.2) is 11.5 Å². The van der Waals surface area contributed by atoms with E-state index in [9.17, 15) is 5.11 Å². The minimum absolute atomic E-state index is 0.260. The number of hydrogen-bond donors (Lipinski definition) is 1. The van der Waals surface area contributed by atoms with Crippen LogP contribution in [0.5, 0.6) is 11.5 Å². The number of rotatable bonds is 9. The van der Waals surface area contributed by atoms with Crippen LogP contribution in [0.4, 0.5) is 0 Å². The summed E-state index contributed by atoms with van der Waals surface area (Å²) in [6.07, 6.45) is 1.25. The maximum atomic E-state index is 9.97. The molecule has 126 valence electrons. The lowest BCUT2D eigenvalue weighted by Crippen LogP contribution is -2.18. The number of aliphatic hydroxyl groups excluding tert-OH is 1. The van der Waals surface area contributed by atoms with Crippen LogP contribution in [-0.2, 0) is 6.61 Å². The fourth-order valence-corrected chi connectivity index (χ4v) is 2.12. The summed E-state index contributed by atoms with van der Waals surface area (Å²) in [5.74, 6) is 2.58. The van der Waals surface area contributed by atoms with E-state index in [0.29, 0.717) is 24.0 Å². The Morgan fingerprint density at radius 3 is 2.43 bits per heavy atom. The molecule has 1 aromatic heterocycles. The van der Waals surface area contributed by atoms with Gasteiger partial charge in [-0.2, -0.15) is 0 Å². The highest BCUT2D eigenvalue weighted by Gasteiger charge is 2.10. The van der Waals surface area contributed by atoms with E-state index < -0.39 is 6.10 Å². The van der Waals surface area contributed by atoms with Crippen molar-refractivity contribution < 1.29 is 19.1 Å². The number of hydrogen-bond acceptors (Lipinski definition) is 5. The van der Waals surface area contributed by atoms with Crippen LogP contribution < -0.4 is 9.47 Å². The molecule has 5 heteroatoms. The topological polar surface area (TPSA) is 64.7 Å². The van der Waals surface area contributed by atoms with Crippen LogP contribution >= 0.6 is 0 Å². The number of aromatic nitrogens is 1. The molecule has 1 unspecified atom stereocenters. The van der Waals surface area contributed by atoms with Crippen molar-refractivity contribution >= 4 is 0 Å². The third-order valence-electron chi connectivity index (χ3n) is 3.41. The molecule has 0 spiro atoms. The van der Waals surface area contributed by atoms with Crippen LogP contribution in [-0.4, -0.2) is 23.0 Å². The summed E-state index contributed by atoms with van der Waals surface area (Å²) in [4.78, 5) is 0. The van der Waals surface area contributed by atoms with Crippen molar-refractivity contribution in [2.45, 2.75) is 46.3 Å². The van der Waals surface area contributed by atoms with Gasteiger partial charge in [-0.15, -0.1) is 0 Å². The maximum Gasteiger partial charge on any atom is 0.161 e. The molecular formula is C18H25NO4. The maximum absolute atomic E-state index is 9.97. The molecule has 0 aliphatic heterocycles. The minimum Gasteiger partial charge on any atom is -0.487 e. The van der Waals surface area contributed by atoms with E-state index in [1.54, 1.807) is 0 Å². The Morgan fingerprint density at radius 2 is 1.83 bits per heavy atom. The summed E-state index contributed by atoms with van der Waals surface area (Å²) in [7, 11) is 0. The van der Waals surface area contributed by atoms with Gasteiger partial charge in [0.25, 0.3) is 0 Å². The average Bonchev–Trinajstić information content (AvgIpc) is 2.95. The first kappa shape index (κ1) is 17.3. The van der Waals surface area contributed by atoms with E-state index >= 15 is 0 Å². The number of aliphatic hydroxyl groups is 1. The molecule has 2 rings (SSSR count). The van der Waals surface area contributed by atoms with Gasteiger partial charge in [-0.25, -0.2) is 0 Å². The Bertz CT molecular complexity index is 594. The van der Waals surface area contributed by atoms with E-state index in [1.807, 2.05) is 37.3 Å². The van der Waals surface area contributed by atoms with Crippen LogP contribution in [0.25, 0.3) is 0 Å². The number of nitrogens with zero attached hydrogens (tertiary/aromatic N) is 1. The molecule has 0 fully saturated rings. The molecule has 0 aliphatic carbocycles. The van der Waals surface area contributed by atoms with Crippen molar-refractivity contribution in [3.05, 3.63) is 41.8 Å². The minimum atomic E-state index is -0.469. The Morgan fingerprint density at radius 1 is 1.13 bits per heavy atom. The molecule has 0 radical (unpaired) electrons. The molecule has 1 heterocycles. The Labute approximate surface area is 137 Å². The lowest BCUT2D eigenvalue weighted by atomic mass is 10.1. The standard InChI is InChI=1S/C18H25NO4/c1-13(2)8-9-16(20)12-22-18-7-5-4-6-17(18)21-11-15-10-14(3)23-19-15/h4-7,10,13,16,20H,8-9,11-12H2,1-3H3. The second kappa shape index (κ2) is 8.58. The predicted molar refractivity (Wildman–Crippen MR) is 87.6 cm³/mol. The largest absolute Gasteiger partial charge is 0.487 e. The summed E-state index contributed by atoms with van der Waals surface area (Å²) in [6.45, 7) is 6.69. The van der Waals surface area contributed by atoms with Crippen LogP contribution in [0, 0.1) is 12.8 Å². The third kappa shape index (κ3) is 5.94. The van der Waals surface area contributed by atoms with Crippen molar-refractivity contribution in [2.75, 3.05) is 6.61 Å². The molecule has 2 aromatic rings. The average molecular weight is 319 g/mol. The molecule has 0 saturated carbocycles. The lowest BCUT2D eigenvalue weighted by Gasteiger charge is -2.15. The number of para-hydroxylation sites is 2. The first-order valence-electron chi connectivity index (χ1n) is 7.99. The van der Waals surface area contributed by atoms with Gasteiger partial charge in [-0.3, -0.25) is 0 Å². The quantitative estimate of drug-likeness (QED) is 0.763. The van der Waals surface area contributed by atoms with Crippen LogP contribution in [0.15, 0.2) is 34.9 Å². The van der Waals surface area contributed by atoms with Crippen molar-refractivity contribution in [2.24, 2.45) is 5.92 Å². The summed E-state index contributed by atoms with van der Waals surface area (Å²) in [5.41, 5.74) is 0.731. The van der Waals surface area contributed by atoms with Gasteiger partial charge in [0, 0.05) is 6.07 Å². The summed E-state index contributed by atoms with van der Waals surface area (Å²) in [6, 6.07) is 9.26. The van der Waals surface area contributed by atoms with Crippen molar-refractivity contribution in [1.29, 1.82) is 0 Å². The predicted octanol–water partition coefficient (Wildman–Crippen LogP) is 3.74. The number of ether oxygens (including phenoxy) is 2. The Hall–Kier alpha value is -2.01. The fourth-order valence-electron chi connectivity index (χ4n) is 2.12. The molecule has 0 bridgehead atoms. The van der Waals surface area contributed by atoms with E-state index in [0.717, 1.165) is 24.3 Å². The van der Waals surface area contributed by atoms with Crippen LogP contribution in [0.2, 0.25) is 0 Å². The first-order chi connectivity index (χ1) is 11.0. The Kier molecular flexibility index (Phi) is 6.47. The zero-order chi connectivity index (χ0) is 16.7. The van der Waals surface area contributed by atoms with Crippen molar-refractivity contribution in [3.63, 3.8) is 0 Å². The highest BCUT2D eigenvalue weighted by atomic mass is 16.5. The Balaban J connectivity index is 1.87. The molecule has 0 amide bonds. The second-order valence-corrected chi connectivity index (χ2v) is 6.10. The molecule has 0 saturated heterocycles. The molecule has 23 heavy (non-hydrogen) atoms. The van der Waals surface area contributed by atoms with Gasteiger partial charge in [-0.05, 0) is 37.8 Å². The SMILES string of the molecule is Cc1cc(COc2ccccc2OCC(O)CCC(C)C)no1. The molecule has 1 aromatic carbocycles. The second-order valence-electron chi connectivity index (χ2n) is 6.10. The monoisotopic (exact) mass is 319 g/mol. The zero-order valence-electron chi connectivity index (χ0n) is 14.0. The smallest absolute Gasteiger partial charge is 0.161 e. The van der Waals surface area contributed by atoms with Gasteiger partial charge >= 0.3 is 0 Å². The number of benzene rings is 1. The van der Waals surface area contributed by atoms with Crippen LogP contribution in [0.3, 0.4) is 0 Å². The lowest BCUT2D eigenvalue weighted by molar-refractivity contribution is 0.0927. The van der Waals surface area contributed by atoms with Gasteiger partial charge in [0.2, 0.25) is 0 Å². The molecular weight excluding hydrogens is 294 g/mol. The van der Waals surface area contributed by atoms with E-state index in [2.05, 4.69) is 19.0 Å². The normalized spacial score (nSPS) is 12.4. The summed E-state index contributed by atoms with van der Waals surface area (Å²) >= 11 is 0. The first-order valence-corrected chi connectivity index (χ1v) is 7.99. The highest BCUT2D eigenvalue weighted by molar-refractivity contribution is 5.39. The molecule has 5 nitrogen and oxygen atoms in total. The van der Waals surface area contributed by atoms with E-state index in [4.69, 9.17) is 14.0 Å². The number of aryl methyl sites for hydroxylation is 1. The van der Waals surface area contributed by atoms with Gasteiger partial charge < -0.3 is 19.1 Å². The molecule has 1 atom stereocenters. The summed E-state index contributed by atoms with van der Waals surface area (Å²) < 4.78 is 16.5. The van der Waals surface area contributed by atoms with Gasteiger partial charge in [0.1, 0.15) is 24.7 Å². The highest BCUT2D eigenvalue weighted by Crippen LogP contribution is 2.27. The molecule has 0 aliphatic rings. The van der Waals surface area contributed by atoms with Crippen molar-refractivity contribution in [1.82, 2.24) is 5.16 Å². The van der Waals surface area contributed by atoms with E-state index in [1.165, 1.54) is 0 Å². The summed E-state index contributed by atoms with van der Waals surface area (Å²) in [5, 5.41) is 13.9. The van der Waals surface area contributed by atoms with Gasteiger partial charge in [0.05, 0.1) is 6.10 Å².